The highest BCUT2D eigenvalue weighted by Crippen LogP contribution is 2.45. The van der Waals surface area contributed by atoms with Gasteiger partial charge in [0.05, 0.1) is 16.7 Å². The first-order valence-corrected chi connectivity index (χ1v) is 11.2. The van der Waals surface area contributed by atoms with E-state index in [0.717, 1.165) is 12.8 Å². The monoisotopic (exact) mass is 466 g/mol. The van der Waals surface area contributed by atoms with E-state index in [9.17, 15) is 14.3 Å². The van der Waals surface area contributed by atoms with Crippen molar-refractivity contribution in [3.05, 3.63) is 23.0 Å². The molecule has 1 saturated heterocycles. The predicted octanol–water partition coefficient (Wildman–Crippen LogP) is 3.37. The highest BCUT2D eigenvalue weighted by Gasteiger charge is 2.42. The van der Waals surface area contributed by atoms with Crippen LogP contribution in [0.5, 0.6) is 5.75 Å². The zero-order valence-corrected chi connectivity index (χ0v) is 19.2. The quantitative estimate of drug-likeness (QED) is 0.697. The number of carbonyl (C=O) groups is 1. The van der Waals surface area contributed by atoms with Crippen LogP contribution in [0.3, 0.4) is 0 Å². The lowest BCUT2D eigenvalue weighted by Crippen LogP contribution is -2.53. The normalized spacial score (nSPS) is 19.6. The minimum Gasteiger partial charge on any atom is -0.488 e. The second-order valence-corrected chi connectivity index (χ2v) is 9.81. The number of hydrogen-bond acceptors (Lipinski definition) is 7. The molecule has 1 atom stereocenters. The third-order valence-corrected chi connectivity index (χ3v) is 6.28. The number of anilines is 1. The highest BCUT2D eigenvalue weighted by molar-refractivity contribution is 6.33. The minimum atomic E-state index is -0.734. The molecule has 1 aromatic carbocycles. The SMILES string of the molecule is C[C@H](O)COc1cc(Cl)c(-c2nc(N3CCN(C(=O)C4CC(C)(C)C4)CC3)no2)cc1F. The van der Waals surface area contributed by atoms with Crippen LogP contribution in [0.4, 0.5) is 10.3 Å². The minimum absolute atomic E-state index is 0.0513. The largest absolute Gasteiger partial charge is 0.488 e. The Morgan fingerprint density at radius 1 is 1.34 bits per heavy atom. The molecule has 2 aromatic rings. The van der Waals surface area contributed by atoms with Crippen LogP contribution in [-0.4, -0.2) is 64.9 Å². The summed E-state index contributed by atoms with van der Waals surface area (Å²) in [6, 6.07) is 2.50. The van der Waals surface area contributed by atoms with E-state index in [1.807, 2.05) is 9.80 Å². The van der Waals surface area contributed by atoms with E-state index in [1.54, 1.807) is 0 Å². The summed E-state index contributed by atoms with van der Waals surface area (Å²) in [6.45, 7) is 8.26. The van der Waals surface area contributed by atoms with Crippen LogP contribution in [0.2, 0.25) is 5.02 Å². The van der Waals surface area contributed by atoms with E-state index < -0.39 is 11.9 Å². The summed E-state index contributed by atoms with van der Waals surface area (Å²) < 4.78 is 24.9. The molecule has 1 aliphatic carbocycles. The van der Waals surface area contributed by atoms with Gasteiger partial charge in [-0.1, -0.05) is 25.4 Å². The number of aliphatic hydroxyl groups is 1. The Hall–Kier alpha value is -2.39. The van der Waals surface area contributed by atoms with E-state index in [0.29, 0.717) is 32.1 Å². The summed E-state index contributed by atoms with van der Waals surface area (Å²) in [7, 11) is 0. The van der Waals surface area contributed by atoms with Crippen molar-refractivity contribution in [1.82, 2.24) is 15.0 Å². The van der Waals surface area contributed by atoms with E-state index in [-0.39, 0.29) is 46.1 Å². The van der Waals surface area contributed by atoms with Crippen molar-refractivity contribution < 1.29 is 23.6 Å². The van der Waals surface area contributed by atoms with Crippen LogP contribution >= 0.6 is 11.6 Å². The van der Waals surface area contributed by atoms with Crippen molar-refractivity contribution in [2.24, 2.45) is 11.3 Å². The molecular formula is C22H28ClFN4O4. The van der Waals surface area contributed by atoms with Crippen LogP contribution in [0, 0.1) is 17.2 Å². The van der Waals surface area contributed by atoms with Crippen LogP contribution in [0.15, 0.2) is 16.7 Å². The average Bonchev–Trinajstić information content (AvgIpc) is 3.21. The van der Waals surface area contributed by atoms with Gasteiger partial charge in [-0.25, -0.2) is 4.39 Å². The second-order valence-electron chi connectivity index (χ2n) is 9.40. The number of nitrogens with zero attached hydrogens (tertiary/aromatic N) is 4. The van der Waals surface area contributed by atoms with Crippen molar-refractivity contribution >= 4 is 23.5 Å². The fraction of sp³-hybridized carbons (Fsp3) is 0.591. The fourth-order valence-corrected chi connectivity index (χ4v) is 4.54. The number of piperazine rings is 1. The molecule has 2 heterocycles. The first-order valence-electron chi connectivity index (χ1n) is 10.8. The van der Waals surface area contributed by atoms with Gasteiger partial charge in [-0.15, -0.1) is 0 Å². The molecular weight excluding hydrogens is 439 g/mol. The summed E-state index contributed by atoms with van der Waals surface area (Å²) in [4.78, 5) is 20.9. The lowest BCUT2D eigenvalue weighted by Gasteiger charge is -2.45. The molecule has 4 rings (SSSR count). The number of hydrogen-bond donors (Lipinski definition) is 1. The maximum Gasteiger partial charge on any atom is 0.266 e. The van der Waals surface area contributed by atoms with Crippen molar-refractivity contribution in [3.63, 3.8) is 0 Å². The Balaban J connectivity index is 1.38. The molecule has 8 nitrogen and oxygen atoms in total. The standard InChI is InChI=1S/C22H28ClFN4O4/c1-13(29)12-31-18-9-16(23)15(8-17(18)24)19-25-21(26-32-19)28-6-4-27(5-7-28)20(30)14-10-22(2,3)11-14/h8-9,13-14,29H,4-7,10-12H2,1-3H3/t13-/m0/s1. The Bertz CT molecular complexity index is 980. The maximum absolute atomic E-state index is 14.4. The smallest absolute Gasteiger partial charge is 0.266 e. The number of benzene rings is 1. The molecule has 0 bridgehead atoms. The fourth-order valence-electron chi connectivity index (χ4n) is 4.30. The van der Waals surface area contributed by atoms with Gasteiger partial charge in [-0.3, -0.25) is 4.79 Å². The Morgan fingerprint density at radius 3 is 2.66 bits per heavy atom. The van der Waals surface area contributed by atoms with Gasteiger partial charge in [0, 0.05) is 38.2 Å². The lowest BCUT2D eigenvalue weighted by molar-refractivity contribution is -0.142. The molecule has 1 aromatic heterocycles. The summed E-state index contributed by atoms with van der Waals surface area (Å²) >= 11 is 6.27. The van der Waals surface area contributed by atoms with Crippen LogP contribution in [0.25, 0.3) is 11.5 Å². The summed E-state index contributed by atoms with van der Waals surface area (Å²) in [5.41, 5.74) is 0.527. The molecule has 1 amide bonds. The van der Waals surface area contributed by atoms with E-state index in [2.05, 4.69) is 24.0 Å². The number of carbonyl (C=O) groups excluding carboxylic acids is 1. The molecule has 174 valence electrons. The van der Waals surface area contributed by atoms with Gasteiger partial charge in [-0.05, 0) is 36.4 Å². The number of halogens is 2. The van der Waals surface area contributed by atoms with Crippen molar-refractivity contribution in [3.8, 4) is 17.2 Å². The van der Waals surface area contributed by atoms with E-state index in [1.165, 1.54) is 19.1 Å². The predicted molar refractivity (Wildman–Crippen MR) is 117 cm³/mol. The second kappa shape index (κ2) is 8.86. The molecule has 1 N–H and O–H groups in total. The Labute approximate surface area is 191 Å². The molecule has 1 saturated carbocycles. The zero-order chi connectivity index (χ0) is 23.0. The van der Waals surface area contributed by atoms with Crippen LogP contribution < -0.4 is 9.64 Å². The van der Waals surface area contributed by atoms with E-state index in [4.69, 9.17) is 20.9 Å². The first-order chi connectivity index (χ1) is 15.1. The van der Waals surface area contributed by atoms with Gasteiger partial charge in [0.1, 0.15) is 6.61 Å². The molecule has 0 unspecified atom stereocenters. The number of aliphatic hydroxyl groups excluding tert-OH is 1. The van der Waals surface area contributed by atoms with Gasteiger partial charge in [0.2, 0.25) is 5.91 Å². The lowest BCUT2D eigenvalue weighted by atomic mass is 9.64. The molecule has 0 radical (unpaired) electrons. The molecule has 2 fully saturated rings. The Morgan fingerprint density at radius 2 is 2.03 bits per heavy atom. The third kappa shape index (κ3) is 4.83. The molecule has 2 aliphatic rings. The topological polar surface area (TPSA) is 91.9 Å². The molecule has 0 spiro atoms. The van der Waals surface area contributed by atoms with Crippen LogP contribution in [-0.2, 0) is 4.79 Å². The van der Waals surface area contributed by atoms with Crippen molar-refractivity contribution in [2.75, 3.05) is 37.7 Å². The third-order valence-electron chi connectivity index (χ3n) is 5.97. The number of amides is 1. The zero-order valence-electron chi connectivity index (χ0n) is 18.5. The first kappa shape index (κ1) is 22.8. The maximum atomic E-state index is 14.4. The highest BCUT2D eigenvalue weighted by atomic mass is 35.5. The van der Waals surface area contributed by atoms with Crippen LogP contribution in [0.1, 0.15) is 33.6 Å². The van der Waals surface area contributed by atoms with Gasteiger partial charge in [0.25, 0.3) is 11.8 Å². The molecule has 32 heavy (non-hydrogen) atoms. The molecule has 10 heteroatoms. The van der Waals surface area contributed by atoms with E-state index >= 15 is 0 Å². The summed E-state index contributed by atoms with van der Waals surface area (Å²) in [5.74, 6) is 0.144. The summed E-state index contributed by atoms with van der Waals surface area (Å²) in [6.07, 6.45) is 1.16. The van der Waals surface area contributed by atoms with Gasteiger partial charge in [-0.2, -0.15) is 4.98 Å². The number of rotatable bonds is 6. The Kier molecular flexibility index (Phi) is 6.31. The van der Waals surface area contributed by atoms with Gasteiger partial charge < -0.3 is 24.2 Å². The average molecular weight is 467 g/mol. The van der Waals surface area contributed by atoms with Gasteiger partial charge in [0.15, 0.2) is 11.6 Å². The van der Waals surface area contributed by atoms with Gasteiger partial charge >= 0.3 is 0 Å². The summed E-state index contributed by atoms with van der Waals surface area (Å²) in [5, 5.41) is 13.5. The van der Waals surface area contributed by atoms with Crippen molar-refractivity contribution in [1.29, 1.82) is 0 Å². The molecule has 1 aliphatic heterocycles. The van der Waals surface area contributed by atoms with Crippen molar-refractivity contribution in [2.45, 2.75) is 39.7 Å². The number of ether oxygens (including phenoxy) is 1. The number of aromatic nitrogens is 2.